The van der Waals surface area contributed by atoms with Crippen molar-refractivity contribution in [3.8, 4) is 5.75 Å². The minimum atomic E-state index is 0.731. The van der Waals surface area contributed by atoms with E-state index in [1.165, 1.54) is 16.9 Å². The molecule has 0 spiro atoms. The summed E-state index contributed by atoms with van der Waals surface area (Å²) < 4.78 is 5.69. The van der Waals surface area contributed by atoms with Gasteiger partial charge in [-0.05, 0) is 42.8 Å². The van der Waals surface area contributed by atoms with Crippen molar-refractivity contribution in [2.75, 3.05) is 18.9 Å². The van der Waals surface area contributed by atoms with Gasteiger partial charge in [-0.15, -0.1) is 11.8 Å². The molecule has 0 aliphatic heterocycles. The molecule has 0 atom stereocenters. The normalized spacial score (nSPS) is 10.5. The molecule has 112 valence electrons. The van der Waals surface area contributed by atoms with Crippen LogP contribution in [0.3, 0.4) is 0 Å². The lowest BCUT2D eigenvalue weighted by Crippen LogP contribution is -2.13. The zero-order valence-electron chi connectivity index (χ0n) is 12.5. The van der Waals surface area contributed by atoms with Crippen LogP contribution in [0.4, 0.5) is 0 Å². The van der Waals surface area contributed by atoms with Crippen molar-refractivity contribution in [3.63, 3.8) is 0 Å². The Morgan fingerprint density at radius 2 is 1.76 bits per heavy atom. The number of nitrogens with one attached hydrogen (secondary N) is 1. The second kappa shape index (κ2) is 9.48. The van der Waals surface area contributed by atoms with Gasteiger partial charge in [-0.1, -0.05) is 37.3 Å². The first kappa shape index (κ1) is 15.9. The van der Waals surface area contributed by atoms with Crippen molar-refractivity contribution < 1.29 is 4.74 Å². The molecule has 0 bridgehead atoms. The molecule has 0 saturated heterocycles. The van der Waals surface area contributed by atoms with Crippen molar-refractivity contribution >= 4 is 11.8 Å². The Hall–Kier alpha value is -1.45. The zero-order valence-corrected chi connectivity index (χ0v) is 13.4. The van der Waals surface area contributed by atoms with Crippen molar-refractivity contribution in [1.29, 1.82) is 0 Å². The van der Waals surface area contributed by atoms with E-state index in [0.29, 0.717) is 0 Å². The van der Waals surface area contributed by atoms with Gasteiger partial charge in [0.15, 0.2) is 0 Å². The molecule has 0 amide bonds. The maximum Gasteiger partial charge on any atom is 0.119 e. The predicted molar refractivity (Wildman–Crippen MR) is 91.1 cm³/mol. The van der Waals surface area contributed by atoms with Crippen LogP contribution >= 0.6 is 11.8 Å². The molecule has 0 aromatic heterocycles. The van der Waals surface area contributed by atoms with Gasteiger partial charge in [0, 0.05) is 17.2 Å². The maximum absolute atomic E-state index is 5.69. The molecule has 0 heterocycles. The van der Waals surface area contributed by atoms with Gasteiger partial charge >= 0.3 is 0 Å². The third kappa shape index (κ3) is 6.23. The van der Waals surface area contributed by atoms with E-state index >= 15 is 0 Å². The van der Waals surface area contributed by atoms with Crippen LogP contribution in [0.5, 0.6) is 5.75 Å². The third-order valence-corrected chi connectivity index (χ3v) is 4.02. The minimum absolute atomic E-state index is 0.731. The first-order valence-electron chi connectivity index (χ1n) is 7.49. The number of benzene rings is 2. The van der Waals surface area contributed by atoms with Crippen molar-refractivity contribution in [1.82, 2.24) is 5.32 Å². The first-order chi connectivity index (χ1) is 10.4. The smallest absolute Gasteiger partial charge is 0.119 e. The average Bonchev–Trinajstić information content (AvgIpc) is 2.54. The van der Waals surface area contributed by atoms with Crippen LogP contribution in [0.1, 0.15) is 18.9 Å². The summed E-state index contributed by atoms with van der Waals surface area (Å²) in [5, 5.41) is 3.41. The summed E-state index contributed by atoms with van der Waals surface area (Å²) >= 11 is 1.83. The van der Waals surface area contributed by atoms with E-state index in [2.05, 4.69) is 36.5 Å². The molecule has 0 aliphatic carbocycles. The lowest BCUT2D eigenvalue weighted by atomic mass is 10.2. The highest BCUT2D eigenvalue weighted by Gasteiger charge is 1.97. The van der Waals surface area contributed by atoms with E-state index in [4.69, 9.17) is 4.74 Å². The largest absolute Gasteiger partial charge is 0.493 e. The first-order valence-corrected chi connectivity index (χ1v) is 8.47. The Labute approximate surface area is 131 Å². The van der Waals surface area contributed by atoms with Gasteiger partial charge in [0.2, 0.25) is 0 Å². The molecular formula is C18H23NOS. The average molecular weight is 301 g/mol. The Bertz CT molecular complexity index is 498. The highest BCUT2D eigenvalue weighted by molar-refractivity contribution is 7.99. The van der Waals surface area contributed by atoms with Crippen molar-refractivity contribution in [3.05, 3.63) is 60.2 Å². The number of hydrogen-bond donors (Lipinski definition) is 1. The summed E-state index contributed by atoms with van der Waals surface area (Å²) in [5.74, 6) is 1.90. The highest BCUT2D eigenvalue weighted by Crippen LogP contribution is 2.19. The van der Waals surface area contributed by atoms with Gasteiger partial charge in [-0.3, -0.25) is 0 Å². The SMILES string of the molecule is CCCNCc1ccc(SCCOc2ccccc2)cc1. The van der Waals surface area contributed by atoms with Crippen LogP contribution in [0, 0.1) is 0 Å². The minimum Gasteiger partial charge on any atom is -0.493 e. The van der Waals surface area contributed by atoms with Crippen LogP contribution in [0.2, 0.25) is 0 Å². The van der Waals surface area contributed by atoms with Gasteiger partial charge < -0.3 is 10.1 Å². The fourth-order valence-electron chi connectivity index (χ4n) is 1.95. The van der Waals surface area contributed by atoms with Crippen molar-refractivity contribution in [2.24, 2.45) is 0 Å². The van der Waals surface area contributed by atoms with Crippen LogP contribution in [-0.4, -0.2) is 18.9 Å². The molecule has 2 rings (SSSR count). The second-order valence-electron chi connectivity index (χ2n) is 4.83. The van der Waals surface area contributed by atoms with E-state index in [0.717, 1.165) is 31.2 Å². The number of hydrogen-bond acceptors (Lipinski definition) is 3. The summed E-state index contributed by atoms with van der Waals surface area (Å²) in [4.78, 5) is 1.30. The molecule has 2 aromatic rings. The maximum atomic E-state index is 5.69. The van der Waals surface area contributed by atoms with E-state index in [1.807, 2.05) is 42.1 Å². The van der Waals surface area contributed by atoms with Gasteiger partial charge in [0.1, 0.15) is 5.75 Å². The molecule has 21 heavy (non-hydrogen) atoms. The van der Waals surface area contributed by atoms with Crippen LogP contribution in [0.25, 0.3) is 0 Å². The van der Waals surface area contributed by atoms with E-state index in [-0.39, 0.29) is 0 Å². The summed E-state index contributed by atoms with van der Waals surface area (Å²) in [6, 6.07) is 18.7. The predicted octanol–water partition coefficient (Wildman–Crippen LogP) is 4.36. The van der Waals surface area contributed by atoms with E-state index in [9.17, 15) is 0 Å². The van der Waals surface area contributed by atoms with Gasteiger partial charge in [0.25, 0.3) is 0 Å². The molecule has 2 aromatic carbocycles. The Balaban J connectivity index is 1.66. The number of ether oxygens (including phenoxy) is 1. The fraction of sp³-hybridized carbons (Fsp3) is 0.333. The Morgan fingerprint density at radius 3 is 2.48 bits per heavy atom. The molecule has 0 saturated carbocycles. The summed E-state index contributed by atoms with van der Waals surface area (Å²) in [7, 11) is 0. The summed E-state index contributed by atoms with van der Waals surface area (Å²) in [6.07, 6.45) is 1.18. The number of rotatable bonds is 9. The Kier molecular flexibility index (Phi) is 7.19. The molecule has 0 radical (unpaired) electrons. The fourth-order valence-corrected chi connectivity index (χ4v) is 2.68. The summed E-state index contributed by atoms with van der Waals surface area (Å²) in [6.45, 7) is 4.95. The van der Waals surface area contributed by atoms with Crippen LogP contribution < -0.4 is 10.1 Å². The molecule has 0 aliphatic rings. The standard InChI is InChI=1S/C18H23NOS/c1-2-12-19-15-16-8-10-18(11-9-16)21-14-13-20-17-6-4-3-5-7-17/h3-11,19H,2,12-15H2,1H3. The van der Waals surface area contributed by atoms with Crippen molar-refractivity contribution in [2.45, 2.75) is 24.8 Å². The molecule has 0 fully saturated rings. The molecule has 1 N–H and O–H groups in total. The number of para-hydroxylation sites is 1. The van der Waals surface area contributed by atoms with Crippen LogP contribution in [-0.2, 0) is 6.54 Å². The summed E-state index contributed by atoms with van der Waals surface area (Å²) in [5.41, 5.74) is 1.34. The monoisotopic (exact) mass is 301 g/mol. The highest BCUT2D eigenvalue weighted by atomic mass is 32.2. The van der Waals surface area contributed by atoms with Gasteiger partial charge in [-0.2, -0.15) is 0 Å². The lowest BCUT2D eigenvalue weighted by Gasteiger charge is -2.07. The second-order valence-corrected chi connectivity index (χ2v) is 6.00. The van der Waals surface area contributed by atoms with Crippen LogP contribution in [0.15, 0.2) is 59.5 Å². The van der Waals surface area contributed by atoms with Gasteiger partial charge in [-0.25, -0.2) is 0 Å². The molecular weight excluding hydrogens is 278 g/mol. The van der Waals surface area contributed by atoms with E-state index < -0.39 is 0 Å². The topological polar surface area (TPSA) is 21.3 Å². The van der Waals surface area contributed by atoms with E-state index in [1.54, 1.807) is 0 Å². The Morgan fingerprint density at radius 1 is 1.00 bits per heavy atom. The lowest BCUT2D eigenvalue weighted by molar-refractivity contribution is 0.344. The molecule has 2 nitrogen and oxygen atoms in total. The third-order valence-electron chi connectivity index (χ3n) is 3.04. The quantitative estimate of drug-likeness (QED) is 0.549. The number of thioether (sulfide) groups is 1. The van der Waals surface area contributed by atoms with Gasteiger partial charge in [0.05, 0.1) is 6.61 Å². The molecule has 3 heteroatoms. The molecule has 0 unspecified atom stereocenters. The zero-order chi connectivity index (χ0) is 14.8.